The molecule has 1 aliphatic heterocycles. The summed E-state index contributed by atoms with van der Waals surface area (Å²) in [5.41, 5.74) is 7.05. The Balaban J connectivity index is 2.34. The highest BCUT2D eigenvalue weighted by Gasteiger charge is 2.20. The topological polar surface area (TPSA) is 58.4 Å². The lowest BCUT2D eigenvalue weighted by atomic mass is 10.2. The van der Waals surface area contributed by atoms with Crippen molar-refractivity contribution in [3.05, 3.63) is 23.2 Å². The normalized spacial score (nSPS) is 16.3. The molecule has 1 aromatic rings. The van der Waals surface area contributed by atoms with Crippen molar-refractivity contribution in [1.29, 1.82) is 0 Å². The maximum absolute atomic E-state index is 11.6. The maximum atomic E-state index is 11.6. The van der Waals surface area contributed by atoms with E-state index in [1.165, 1.54) is 0 Å². The molecule has 0 unspecified atom stereocenters. The van der Waals surface area contributed by atoms with Crippen LogP contribution in [0.3, 0.4) is 0 Å². The van der Waals surface area contributed by atoms with Crippen LogP contribution in [-0.4, -0.2) is 19.1 Å². The third-order valence-corrected chi connectivity index (χ3v) is 2.60. The first kappa shape index (κ1) is 10.1. The van der Waals surface area contributed by atoms with Crippen LogP contribution in [0.2, 0.25) is 5.02 Å². The van der Waals surface area contributed by atoms with Gasteiger partial charge in [-0.15, -0.1) is 0 Å². The van der Waals surface area contributed by atoms with Crippen molar-refractivity contribution in [2.45, 2.75) is 6.42 Å². The quantitative estimate of drug-likeness (QED) is 0.717. The highest BCUT2D eigenvalue weighted by molar-refractivity contribution is 6.31. The number of nitrogens with two attached hydrogens (primary N) is 1. The number of benzene rings is 1. The number of hydrogen-bond donors (Lipinski definition) is 2. The number of hydrogen-bond acceptors (Lipinski definition) is 2. The minimum Gasteiger partial charge on any atom is -0.397 e. The average molecular weight is 226 g/mol. The van der Waals surface area contributed by atoms with Crippen molar-refractivity contribution in [2.24, 2.45) is 0 Å². The molecular weight excluding hydrogens is 214 g/mol. The highest BCUT2D eigenvalue weighted by atomic mass is 35.5. The fraction of sp³-hybridized carbons (Fsp3) is 0.300. The van der Waals surface area contributed by atoms with Gasteiger partial charge in [-0.3, -0.25) is 4.90 Å². The fourth-order valence-corrected chi connectivity index (χ4v) is 1.78. The Labute approximate surface area is 93.0 Å². The van der Waals surface area contributed by atoms with Gasteiger partial charge in [-0.2, -0.15) is 0 Å². The fourth-order valence-electron chi connectivity index (χ4n) is 1.61. The van der Waals surface area contributed by atoms with E-state index < -0.39 is 0 Å². The molecule has 0 saturated carbocycles. The van der Waals surface area contributed by atoms with Crippen molar-refractivity contribution in [3.8, 4) is 0 Å². The third-order valence-electron chi connectivity index (χ3n) is 2.36. The largest absolute Gasteiger partial charge is 0.397 e. The minimum atomic E-state index is -0.116. The lowest BCUT2D eigenvalue weighted by molar-refractivity contribution is 0.243. The van der Waals surface area contributed by atoms with E-state index in [1.807, 2.05) is 0 Å². The van der Waals surface area contributed by atoms with Crippen LogP contribution >= 0.6 is 11.6 Å². The number of carbonyl (C=O) groups is 1. The Hall–Kier alpha value is -1.42. The molecule has 0 aromatic heterocycles. The summed E-state index contributed by atoms with van der Waals surface area (Å²) in [6, 6.07) is 5.01. The number of nitrogens with zero attached hydrogens (tertiary/aromatic N) is 1. The SMILES string of the molecule is Nc1ccc(Cl)cc1N1CCCNC1=O. The van der Waals surface area contributed by atoms with Gasteiger partial charge in [0.1, 0.15) is 0 Å². The summed E-state index contributed by atoms with van der Waals surface area (Å²) >= 11 is 5.87. The number of amides is 2. The number of urea groups is 1. The summed E-state index contributed by atoms with van der Waals surface area (Å²) in [4.78, 5) is 13.2. The Morgan fingerprint density at radius 3 is 3.00 bits per heavy atom. The molecule has 0 radical (unpaired) electrons. The molecule has 1 aliphatic rings. The summed E-state index contributed by atoms with van der Waals surface area (Å²) in [6.45, 7) is 1.40. The van der Waals surface area contributed by atoms with Gasteiger partial charge in [0.25, 0.3) is 0 Å². The molecule has 3 N–H and O–H groups in total. The molecule has 4 nitrogen and oxygen atoms in total. The Morgan fingerprint density at radius 1 is 1.47 bits per heavy atom. The van der Waals surface area contributed by atoms with Gasteiger partial charge in [0.15, 0.2) is 0 Å². The maximum Gasteiger partial charge on any atom is 0.321 e. The van der Waals surface area contributed by atoms with Crippen molar-refractivity contribution in [3.63, 3.8) is 0 Å². The summed E-state index contributed by atoms with van der Waals surface area (Å²) in [5.74, 6) is 0. The standard InChI is InChI=1S/C10H12ClN3O/c11-7-2-3-8(12)9(6-7)14-5-1-4-13-10(14)15/h2-3,6H,1,4-5,12H2,(H,13,15). The van der Waals surface area contributed by atoms with Crippen LogP contribution in [0.4, 0.5) is 16.2 Å². The molecule has 80 valence electrons. The van der Waals surface area contributed by atoms with E-state index in [1.54, 1.807) is 23.1 Å². The molecule has 1 saturated heterocycles. The second-order valence-electron chi connectivity index (χ2n) is 3.44. The number of anilines is 2. The third kappa shape index (κ3) is 1.99. The Kier molecular flexibility index (Phi) is 2.68. The predicted octanol–water partition coefficient (Wildman–Crippen LogP) is 1.84. The van der Waals surface area contributed by atoms with Crippen LogP contribution in [0.25, 0.3) is 0 Å². The van der Waals surface area contributed by atoms with Gasteiger partial charge >= 0.3 is 6.03 Å². The zero-order valence-corrected chi connectivity index (χ0v) is 8.92. The Bertz CT molecular complexity index is 394. The smallest absolute Gasteiger partial charge is 0.321 e. The van der Waals surface area contributed by atoms with Gasteiger partial charge in [-0.1, -0.05) is 11.6 Å². The first-order valence-corrected chi connectivity index (χ1v) is 5.16. The van der Waals surface area contributed by atoms with Gasteiger partial charge in [0, 0.05) is 18.1 Å². The van der Waals surface area contributed by atoms with Crippen LogP contribution in [0, 0.1) is 0 Å². The zero-order valence-electron chi connectivity index (χ0n) is 8.16. The van der Waals surface area contributed by atoms with Gasteiger partial charge in [0.05, 0.1) is 11.4 Å². The first-order valence-electron chi connectivity index (χ1n) is 4.79. The predicted molar refractivity (Wildman–Crippen MR) is 61.2 cm³/mol. The van der Waals surface area contributed by atoms with E-state index in [0.717, 1.165) is 13.0 Å². The summed E-state index contributed by atoms with van der Waals surface area (Å²) in [6.07, 6.45) is 0.914. The van der Waals surface area contributed by atoms with Crippen LogP contribution in [0.5, 0.6) is 0 Å². The number of nitrogens with one attached hydrogen (secondary N) is 1. The summed E-state index contributed by atoms with van der Waals surface area (Å²) in [5, 5.41) is 3.35. The number of rotatable bonds is 1. The number of halogens is 1. The zero-order chi connectivity index (χ0) is 10.8. The van der Waals surface area contributed by atoms with Crippen LogP contribution in [0.1, 0.15) is 6.42 Å². The van der Waals surface area contributed by atoms with Crippen molar-refractivity contribution in [2.75, 3.05) is 23.7 Å². The molecule has 1 fully saturated rings. The minimum absolute atomic E-state index is 0.116. The lowest BCUT2D eigenvalue weighted by Gasteiger charge is -2.28. The molecule has 0 bridgehead atoms. The molecule has 0 spiro atoms. The van der Waals surface area contributed by atoms with Crippen LogP contribution in [-0.2, 0) is 0 Å². The van der Waals surface area contributed by atoms with Gasteiger partial charge < -0.3 is 11.1 Å². The van der Waals surface area contributed by atoms with Crippen molar-refractivity contribution >= 4 is 29.0 Å². The monoisotopic (exact) mass is 225 g/mol. The molecule has 1 heterocycles. The molecule has 5 heteroatoms. The van der Waals surface area contributed by atoms with Crippen molar-refractivity contribution < 1.29 is 4.79 Å². The van der Waals surface area contributed by atoms with Crippen LogP contribution < -0.4 is 16.0 Å². The molecule has 2 amide bonds. The highest BCUT2D eigenvalue weighted by Crippen LogP contribution is 2.27. The molecule has 2 rings (SSSR count). The summed E-state index contributed by atoms with van der Waals surface area (Å²) in [7, 11) is 0. The molecule has 15 heavy (non-hydrogen) atoms. The van der Waals surface area contributed by atoms with E-state index >= 15 is 0 Å². The van der Waals surface area contributed by atoms with Crippen LogP contribution in [0.15, 0.2) is 18.2 Å². The second kappa shape index (κ2) is 3.98. The Morgan fingerprint density at radius 2 is 2.27 bits per heavy atom. The van der Waals surface area contributed by atoms with E-state index in [0.29, 0.717) is 22.9 Å². The molecule has 1 aromatic carbocycles. The summed E-state index contributed by atoms with van der Waals surface area (Å²) < 4.78 is 0. The molecular formula is C10H12ClN3O. The van der Waals surface area contributed by atoms with Gasteiger partial charge in [-0.05, 0) is 24.6 Å². The second-order valence-corrected chi connectivity index (χ2v) is 3.88. The molecule has 0 atom stereocenters. The van der Waals surface area contributed by atoms with E-state index in [-0.39, 0.29) is 6.03 Å². The van der Waals surface area contributed by atoms with E-state index in [9.17, 15) is 4.79 Å². The number of nitrogen functional groups attached to an aromatic ring is 1. The molecule has 0 aliphatic carbocycles. The lowest BCUT2D eigenvalue weighted by Crippen LogP contribution is -2.46. The number of carbonyl (C=O) groups excluding carboxylic acids is 1. The van der Waals surface area contributed by atoms with Gasteiger partial charge in [-0.25, -0.2) is 4.79 Å². The first-order chi connectivity index (χ1) is 7.18. The van der Waals surface area contributed by atoms with E-state index in [4.69, 9.17) is 17.3 Å². The average Bonchev–Trinajstić information content (AvgIpc) is 2.23. The van der Waals surface area contributed by atoms with Crippen molar-refractivity contribution in [1.82, 2.24) is 5.32 Å². The van der Waals surface area contributed by atoms with E-state index in [2.05, 4.69) is 5.32 Å². The van der Waals surface area contributed by atoms with Gasteiger partial charge in [0.2, 0.25) is 0 Å².